The molecule has 0 aliphatic heterocycles. The zero-order valence-corrected chi connectivity index (χ0v) is 9.68. The maximum atomic E-state index is 5.48. The fraction of sp³-hybridized carbons (Fsp3) is 0.778. The number of aryl methyl sites for hydroxylation is 1. The van der Waals surface area contributed by atoms with Gasteiger partial charge in [0.2, 0.25) is 0 Å². The molecule has 1 rings (SSSR count). The molecule has 0 aliphatic carbocycles. The maximum Gasteiger partial charge on any atom is 0.190 e. The Hall–Kier alpha value is -0.550. The number of nitrogens with two attached hydrogens (primary N) is 1. The van der Waals surface area contributed by atoms with Gasteiger partial charge in [-0.15, -0.1) is 10.2 Å². The van der Waals surface area contributed by atoms with Gasteiger partial charge in [0.25, 0.3) is 0 Å². The molecule has 4 nitrogen and oxygen atoms in total. The van der Waals surface area contributed by atoms with E-state index in [4.69, 9.17) is 5.73 Å². The van der Waals surface area contributed by atoms with Crippen molar-refractivity contribution in [2.24, 2.45) is 5.73 Å². The van der Waals surface area contributed by atoms with Gasteiger partial charge in [0, 0.05) is 13.0 Å². The van der Waals surface area contributed by atoms with E-state index in [9.17, 15) is 0 Å². The van der Waals surface area contributed by atoms with Gasteiger partial charge in [0.1, 0.15) is 5.82 Å². The van der Waals surface area contributed by atoms with Gasteiger partial charge in [-0.2, -0.15) is 0 Å². The normalized spacial score (nSPS) is 10.8. The summed E-state index contributed by atoms with van der Waals surface area (Å²) in [6, 6.07) is 0. The third-order valence-corrected chi connectivity index (χ3v) is 2.69. The summed E-state index contributed by atoms with van der Waals surface area (Å²) in [4.78, 5) is 0. The van der Waals surface area contributed by atoms with Crippen LogP contribution in [0.15, 0.2) is 5.16 Å². The first-order valence-electron chi connectivity index (χ1n) is 4.99. The van der Waals surface area contributed by atoms with Crippen LogP contribution in [0.1, 0.15) is 25.6 Å². The molecule has 0 radical (unpaired) electrons. The van der Waals surface area contributed by atoms with Gasteiger partial charge >= 0.3 is 0 Å². The largest absolute Gasteiger partial charge is 0.330 e. The van der Waals surface area contributed by atoms with E-state index in [1.54, 1.807) is 11.8 Å². The van der Waals surface area contributed by atoms with Crippen molar-refractivity contribution in [1.82, 2.24) is 14.8 Å². The summed E-state index contributed by atoms with van der Waals surface area (Å²) >= 11 is 1.65. The van der Waals surface area contributed by atoms with Crippen molar-refractivity contribution in [3.63, 3.8) is 0 Å². The number of aromatic nitrogens is 3. The number of hydrogen-bond acceptors (Lipinski definition) is 4. The second kappa shape index (κ2) is 6.03. The second-order valence-electron chi connectivity index (χ2n) is 3.15. The molecular weight excluding hydrogens is 196 g/mol. The molecule has 0 spiro atoms. The van der Waals surface area contributed by atoms with E-state index in [0.29, 0.717) is 6.54 Å². The van der Waals surface area contributed by atoms with Crippen LogP contribution in [0.4, 0.5) is 0 Å². The lowest BCUT2D eigenvalue weighted by Gasteiger charge is -2.06. The van der Waals surface area contributed by atoms with Crippen molar-refractivity contribution >= 4 is 11.8 Å². The molecule has 0 saturated heterocycles. The highest BCUT2D eigenvalue weighted by Crippen LogP contribution is 2.14. The van der Waals surface area contributed by atoms with Gasteiger partial charge in [-0.05, 0) is 25.6 Å². The Bertz CT molecular complexity index is 272. The van der Waals surface area contributed by atoms with Gasteiger partial charge in [-0.1, -0.05) is 18.7 Å². The molecule has 0 saturated carbocycles. The molecule has 5 heteroatoms. The van der Waals surface area contributed by atoms with E-state index >= 15 is 0 Å². The number of nitrogens with zero attached hydrogens (tertiary/aromatic N) is 3. The Morgan fingerprint density at radius 3 is 2.79 bits per heavy atom. The minimum atomic E-state index is 0.716. The highest BCUT2D eigenvalue weighted by molar-refractivity contribution is 7.98. The van der Waals surface area contributed by atoms with Crippen LogP contribution >= 0.6 is 11.8 Å². The second-order valence-corrected chi connectivity index (χ2v) is 3.92. The quantitative estimate of drug-likeness (QED) is 0.725. The highest BCUT2D eigenvalue weighted by atomic mass is 32.2. The molecule has 0 bridgehead atoms. The van der Waals surface area contributed by atoms with E-state index in [1.165, 1.54) is 0 Å². The van der Waals surface area contributed by atoms with E-state index in [-0.39, 0.29) is 0 Å². The summed E-state index contributed by atoms with van der Waals surface area (Å²) < 4.78 is 2.19. The molecule has 0 fully saturated rings. The summed E-state index contributed by atoms with van der Waals surface area (Å²) in [5, 5.41) is 9.33. The first-order valence-corrected chi connectivity index (χ1v) is 6.22. The third-order valence-electron chi connectivity index (χ3n) is 2.03. The van der Waals surface area contributed by atoms with Crippen LogP contribution < -0.4 is 5.73 Å². The lowest BCUT2D eigenvalue weighted by atomic mass is 10.3. The van der Waals surface area contributed by atoms with Crippen LogP contribution in [-0.2, 0) is 13.0 Å². The molecule has 1 aromatic heterocycles. The van der Waals surface area contributed by atoms with Crippen LogP contribution in [0.5, 0.6) is 0 Å². The molecule has 0 aliphatic rings. The lowest BCUT2D eigenvalue weighted by Crippen LogP contribution is -2.07. The van der Waals surface area contributed by atoms with E-state index in [0.717, 1.165) is 36.8 Å². The monoisotopic (exact) mass is 214 g/mol. The molecule has 80 valence electrons. The van der Waals surface area contributed by atoms with E-state index in [1.807, 2.05) is 6.26 Å². The molecule has 0 atom stereocenters. The Balaban J connectivity index is 2.75. The zero-order chi connectivity index (χ0) is 10.4. The average molecular weight is 214 g/mol. The van der Waals surface area contributed by atoms with Crippen LogP contribution in [-0.4, -0.2) is 27.6 Å². The van der Waals surface area contributed by atoms with Crippen LogP contribution in [0.2, 0.25) is 0 Å². The van der Waals surface area contributed by atoms with Crippen molar-refractivity contribution in [1.29, 1.82) is 0 Å². The van der Waals surface area contributed by atoms with Crippen LogP contribution in [0, 0.1) is 0 Å². The van der Waals surface area contributed by atoms with Gasteiger partial charge in [0.15, 0.2) is 5.16 Å². The Morgan fingerprint density at radius 2 is 2.21 bits per heavy atom. The van der Waals surface area contributed by atoms with Gasteiger partial charge in [0.05, 0.1) is 0 Å². The predicted octanol–water partition coefficient (Wildman–Crippen LogP) is 1.30. The lowest BCUT2D eigenvalue weighted by molar-refractivity contribution is 0.584. The Labute approximate surface area is 89.3 Å². The maximum absolute atomic E-state index is 5.48. The topological polar surface area (TPSA) is 56.7 Å². The fourth-order valence-corrected chi connectivity index (χ4v) is 1.90. The van der Waals surface area contributed by atoms with Crippen molar-refractivity contribution in [3.05, 3.63) is 5.82 Å². The number of hydrogen-bond donors (Lipinski definition) is 1. The molecule has 0 unspecified atom stereocenters. The molecule has 0 amide bonds. The first-order chi connectivity index (χ1) is 6.83. The minimum Gasteiger partial charge on any atom is -0.330 e. The van der Waals surface area contributed by atoms with Crippen LogP contribution in [0.3, 0.4) is 0 Å². The fourth-order valence-electron chi connectivity index (χ4n) is 1.36. The van der Waals surface area contributed by atoms with Gasteiger partial charge in [-0.3, -0.25) is 0 Å². The van der Waals surface area contributed by atoms with Gasteiger partial charge in [-0.25, -0.2) is 0 Å². The molecule has 14 heavy (non-hydrogen) atoms. The molecule has 0 aromatic carbocycles. The van der Waals surface area contributed by atoms with Gasteiger partial charge < -0.3 is 10.3 Å². The van der Waals surface area contributed by atoms with Crippen molar-refractivity contribution in [2.45, 2.75) is 37.9 Å². The van der Waals surface area contributed by atoms with Crippen LogP contribution in [0.25, 0.3) is 0 Å². The van der Waals surface area contributed by atoms with Crippen molar-refractivity contribution in [2.75, 3.05) is 12.8 Å². The smallest absolute Gasteiger partial charge is 0.190 e. The third kappa shape index (κ3) is 2.72. The molecular formula is C9H18N4S. The Morgan fingerprint density at radius 1 is 1.43 bits per heavy atom. The van der Waals surface area contributed by atoms with E-state index in [2.05, 4.69) is 21.7 Å². The standard InChI is InChI=1S/C9H18N4S/c1-3-7-13-8(5-4-6-10)11-12-9(13)14-2/h3-7,10H2,1-2H3. The summed E-state index contributed by atoms with van der Waals surface area (Å²) in [7, 11) is 0. The SMILES string of the molecule is CCCn1c(CCCN)nnc1SC. The molecule has 2 N–H and O–H groups in total. The first kappa shape index (κ1) is 11.5. The summed E-state index contributed by atoms with van der Waals surface area (Å²) in [5.41, 5.74) is 5.48. The summed E-state index contributed by atoms with van der Waals surface area (Å²) in [6.45, 7) is 3.88. The highest BCUT2D eigenvalue weighted by Gasteiger charge is 2.09. The summed E-state index contributed by atoms with van der Waals surface area (Å²) in [6.07, 6.45) is 5.06. The average Bonchev–Trinajstić information content (AvgIpc) is 2.58. The van der Waals surface area contributed by atoms with E-state index < -0.39 is 0 Å². The van der Waals surface area contributed by atoms with Crippen molar-refractivity contribution < 1.29 is 0 Å². The van der Waals surface area contributed by atoms with Crippen molar-refractivity contribution in [3.8, 4) is 0 Å². The minimum absolute atomic E-state index is 0.716. The Kier molecular flexibility index (Phi) is 4.97. The zero-order valence-electron chi connectivity index (χ0n) is 8.86. The summed E-state index contributed by atoms with van der Waals surface area (Å²) in [5.74, 6) is 1.07. The molecule has 1 aromatic rings. The predicted molar refractivity (Wildman–Crippen MR) is 59.5 cm³/mol. The number of rotatable bonds is 6. The number of thioether (sulfide) groups is 1. The molecule has 1 heterocycles.